The zero-order chi connectivity index (χ0) is 14.7. The molecule has 2 N–H and O–H groups in total. The lowest BCUT2D eigenvalue weighted by Crippen LogP contribution is -2.39. The number of nitrogens with zero attached hydrogens (tertiary/aromatic N) is 2. The summed E-state index contributed by atoms with van der Waals surface area (Å²) in [6, 6.07) is 2.63. The number of rotatable bonds is 6. The van der Waals surface area contributed by atoms with Crippen molar-refractivity contribution in [2.75, 3.05) is 13.2 Å². The zero-order valence-electron chi connectivity index (χ0n) is 12.9. The summed E-state index contributed by atoms with van der Waals surface area (Å²) in [6.07, 6.45) is 12.6. The Morgan fingerprint density at radius 1 is 1.05 bits per heavy atom. The highest BCUT2D eigenvalue weighted by Gasteiger charge is 2.40. The third-order valence-corrected chi connectivity index (χ3v) is 5.75. The van der Waals surface area contributed by atoms with Crippen LogP contribution in [0.2, 0.25) is 0 Å². The van der Waals surface area contributed by atoms with E-state index in [-0.39, 0.29) is 18.6 Å². The average Bonchev–Trinajstić information content (AvgIpc) is 3.25. The molecule has 4 heteroatoms. The number of aliphatic hydroxyl groups is 2. The van der Waals surface area contributed by atoms with Gasteiger partial charge in [0, 0.05) is 18.0 Å². The molecule has 4 nitrogen and oxygen atoms in total. The highest BCUT2D eigenvalue weighted by atomic mass is 16.3. The van der Waals surface area contributed by atoms with Crippen LogP contribution < -0.4 is 0 Å². The van der Waals surface area contributed by atoms with Crippen molar-refractivity contribution in [2.45, 2.75) is 63.8 Å². The first-order valence-electron chi connectivity index (χ1n) is 8.53. The Labute approximate surface area is 127 Å². The maximum absolute atomic E-state index is 9.92. The van der Waals surface area contributed by atoms with Gasteiger partial charge in [-0.05, 0) is 37.7 Å². The number of aliphatic hydroxyl groups excluding tert-OH is 2. The molecule has 2 fully saturated rings. The monoisotopic (exact) mass is 292 g/mol. The van der Waals surface area contributed by atoms with E-state index in [1.807, 2.05) is 0 Å². The molecule has 1 aromatic heterocycles. The highest BCUT2D eigenvalue weighted by Crippen LogP contribution is 2.41. The van der Waals surface area contributed by atoms with Crippen LogP contribution in [0.5, 0.6) is 0 Å². The fraction of sp³-hybridized carbons (Fsp3) is 0.824. The molecule has 0 aromatic carbocycles. The molecule has 0 radical (unpaired) electrons. The number of hydrogen-bond donors (Lipinski definition) is 2. The van der Waals surface area contributed by atoms with Crippen molar-refractivity contribution >= 4 is 0 Å². The van der Waals surface area contributed by atoms with Gasteiger partial charge in [0.1, 0.15) is 0 Å². The Kier molecular flexibility index (Phi) is 4.65. The van der Waals surface area contributed by atoms with E-state index in [1.165, 1.54) is 38.5 Å². The summed E-state index contributed by atoms with van der Waals surface area (Å²) >= 11 is 0. The van der Waals surface area contributed by atoms with Gasteiger partial charge in [-0.2, -0.15) is 5.10 Å². The molecule has 2 aliphatic rings. The van der Waals surface area contributed by atoms with Crippen LogP contribution in [0, 0.1) is 11.3 Å². The second-order valence-corrected chi connectivity index (χ2v) is 7.06. The molecule has 21 heavy (non-hydrogen) atoms. The molecule has 118 valence electrons. The fourth-order valence-corrected chi connectivity index (χ4v) is 4.31. The van der Waals surface area contributed by atoms with Crippen molar-refractivity contribution in [3.8, 4) is 0 Å². The van der Waals surface area contributed by atoms with Crippen LogP contribution in [0.3, 0.4) is 0 Å². The lowest BCUT2D eigenvalue weighted by molar-refractivity contribution is 0.00483. The number of aromatic nitrogens is 2. The molecule has 0 saturated heterocycles. The van der Waals surface area contributed by atoms with E-state index in [2.05, 4.69) is 16.9 Å². The van der Waals surface area contributed by atoms with Crippen LogP contribution in [0.4, 0.5) is 0 Å². The van der Waals surface area contributed by atoms with Crippen LogP contribution in [0.25, 0.3) is 0 Å². The van der Waals surface area contributed by atoms with Crippen LogP contribution >= 0.6 is 0 Å². The summed E-state index contributed by atoms with van der Waals surface area (Å²) in [4.78, 5) is 0. The molecule has 3 rings (SSSR count). The van der Waals surface area contributed by atoms with E-state index in [0.29, 0.717) is 18.4 Å². The van der Waals surface area contributed by atoms with E-state index < -0.39 is 0 Å². The minimum Gasteiger partial charge on any atom is -0.396 e. The predicted octanol–water partition coefficient (Wildman–Crippen LogP) is 2.70. The molecule has 0 spiro atoms. The lowest BCUT2D eigenvalue weighted by atomic mass is 9.72. The highest BCUT2D eigenvalue weighted by molar-refractivity contribution is 5.06. The second-order valence-electron chi connectivity index (χ2n) is 7.06. The predicted molar refractivity (Wildman–Crippen MR) is 82.0 cm³/mol. The Morgan fingerprint density at radius 2 is 1.67 bits per heavy atom. The first kappa shape index (κ1) is 15.0. The minimum atomic E-state index is -0.384. The quantitative estimate of drug-likeness (QED) is 0.847. The van der Waals surface area contributed by atoms with E-state index >= 15 is 0 Å². The minimum absolute atomic E-state index is 0.0600. The molecule has 0 atom stereocenters. The Morgan fingerprint density at radius 3 is 2.29 bits per heavy atom. The Bertz CT molecular complexity index is 441. The van der Waals surface area contributed by atoms with E-state index in [0.717, 1.165) is 18.5 Å². The van der Waals surface area contributed by atoms with E-state index in [1.54, 1.807) is 0 Å². The summed E-state index contributed by atoms with van der Waals surface area (Å²) in [5.74, 6) is 0.434. The summed E-state index contributed by atoms with van der Waals surface area (Å²) in [6.45, 7) is 0.120. The van der Waals surface area contributed by atoms with Crippen molar-refractivity contribution in [1.29, 1.82) is 0 Å². The van der Waals surface area contributed by atoms with Gasteiger partial charge in [-0.25, -0.2) is 0 Å². The average molecular weight is 292 g/mol. The lowest BCUT2D eigenvalue weighted by Gasteiger charge is -2.35. The first-order chi connectivity index (χ1) is 10.3. The molecule has 1 aromatic rings. The van der Waals surface area contributed by atoms with Crippen LogP contribution in [-0.2, 0) is 6.42 Å². The first-order valence-corrected chi connectivity index (χ1v) is 8.53. The summed E-state index contributed by atoms with van der Waals surface area (Å²) in [5.41, 5.74) is 0.641. The van der Waals surface area contributed by atoms with E-state index in [4.69, 9.17) is 5.10 Å². The van der Waals surface area contributed by atoms with Gasteiger partial charge in [0.15, 0.2) is 0 Å². The van der Waals surface area contributed by atoms with Gasteiger partial charge >= 0.3 is 0 Å². The molecule has 2 saturated carbocycles. The molecule has 0 unspecified atom stereocenters. The van der Waals surface area contributed by atoms with Gasteiger partial charge in [-0.1, -0.05) is 25.7 Å². The topological polar surface area (TPSA) is 58.3 Å². The van der Waals surface area contributed by atoms with Crippen molar-refractivity contribution in [3.63, 3.8) is 0 Å². The Balaban J connectivity index is 1.73. The fourth-order valence-electron chi connectivity index (χ4n) is 4.31. The van der Waals surface area contributed by atoms with E-state index in [9.17, 15) is 10.2 Å². The maximum atomic E-state index is 9.92. The van der Waals surface area contributed by atoms with Crippen molar-refractivity contribution in [1.82, 2.24) is 9.78 Å². The third-order valence-electron chi connectivity index (χ3n) is 5.75. The van der Waals surface area contributed by atoms with Crippen molar-refractivity contribution < 1.29 is 10.2 Å². The molecule has 0 bridgehead atoms. The standard InChI is InChI=1S/C17H28N2O2/c20-12-17(13-21,14-5-1-2-6-14)11-15-9-10-19(18-15)16-7-3-4-8-16/h9-10,14,16,20-21H,1-8,11-13H2. The van der Waals surface area contributed by atoms with Crippen LogP contribution in [-0.4, -0.2) is 33.2 Å². The van der Waals surface area contributed by atoms with Gasteiger partial charge in [0.2, 0.25) is 0 Å². The maximum Gasteiger partial charge on any atom is 0.0632 e. The number of hydrogen-bond acceptors (Lipinski definition) is 3. The Hall–Kier alpha value is -0.870. The largest absolute Gasteiger partial charge is 0.396 e. The second kappa shape index (κ2) is 6.49. The van der Waals surface area contributed by atoms with Crippen LogP contribution in [0.1, 0.15) is 63.1 Å². The SMILES string of the molecule is OCC(CO)(Cc1ccn(C2CCCC2)n1)C1CCCC1. The van der Waals surface area contributed by atoms with Gasteiger partial charge in [0.05, 0.1) is 24.9 Å². The zero-order valence-corrected chi connectivity index (χ0v) is 12.9. The summed E-state index contributed by atoms with van der Waals surface area (Å²) in [7, 11) is 0. The summed E-state index contributed by atoms with van der Waals surface area (Å²) < 4.78 is 2.11. The smallest absolute Gasteiger partial charge is 0.0632 e. The molecule has 0 amide bonds. The van der Waals surface area contributed by atoms with Gasteiger partial charge in [-0.15, -0.1) is 0 Å². The molecular weight excluding hydrogens is 264 g/mol. The van der Waals surface area contributed by atoms with Crippen molar-refractivity contribution in [2.24, 2.45) is 11.3 Å². The molecular formula is C17H28N2O2. The van der Waals surface area contributed by atoms with Gasteiger partial charge in [0.25, 0.3) is 0 Å². The molecule has 1 heterocycles. The van der Waals surface area contributed by atoms with Crippen LogP contribution in [0.15, 0.2) is 12.3 Å². The summed E-state index contributed by atoms with van der Waals surface area (Å²) in [5, 5.41) is 24.6. The van der Waals surface area contributed by atoms with Gasteiger partial charge < -0.3 is 10.2 Å². The third kappa shape index (κ3) is 3.02. The van der Waals surface area contributed by atoms with Gasteiger partial charge in [-0.3, -0.25) is 4.68 Å². The normalized spacial score (nSPS) is 21.4. The molecule has 0 aliphatic heterocycles. The molecule has 2 aliphatic carbocycles. The van der Waals surface area contributed by atoms with Crippen molar-refractivity contribution in [3.05, 3.63) is 18.0 Å².